The van der Waals surface area contributed by atoms with Crippen LogP contribution in [0.15, 0.2) is 54.6 Å². The molecular weight excluding hydrogens is 240 g/mol. The summed E-state index contributed by atoms with van der Waals surface area (Å²) in [5.41, 5.74) is 2.16. The van der Waals surface area contributed by atoms with E-state index >= 15 is 0 Å². The Morgan fingerprint density at radius 2 is 2.11 bits per heavy atom. The van der Waals surface area contributed by atoms with Crippen molar-refractivity contribution in [3.05, 3.63) is 60.2 Å². The average Bonchev–Trinajstić information content (AvgIpc) is 2.43. The van der Waals surface area contributed by atoms with Crippen LogP contribution < -0.4 is 0 Å². The van der Waals surface area contributed by atoms with E-state index < -0.39 is 6.10 Å². The van der Waals surface area contributed by atoms with Gasteiger partial charge in [0, 0.05) is 6.42 Å². The van der Waals surface area contributed by atoms with Crippen LogP contribution in [0.5, 0.6) is 0 Å². The van der Waals surface area contributed by atoms with Crippen molar-refractivity contribution in [3.8, 4) is 0 Å². The number of benzene rings is 1. The second kappa shape index (κ2) is 7.24. The highest BCUT2D eigenvalue weighted by Crippen LogP contribution is 2.14. The zero-order valence-electron chi connectivity index (χ0n) is 11.0. The van der Waals surface area contributed by atoms with Gasteiger partial charge in [0.2, 0.25) is 0 Å². The van der Waals surface area contributed by atoms with Gasteiger partial charge in [-0.25, -0.2) is 0 Å². The standard InChI is InChI=1S/C16H20O3/c1-13(9-16-8-7-15(17)12-19-16)10-18-11-14-5-3-2-4-6-14/h2-8,15-17H,1,9-12H2/t15-,16-/m0/s1. The normalized spacial score (nSPS) is 22.4. The Labute approximate surface area is 114 Å². The fraction of sp³-hybridized carbons (Fsp3) is 0.375. The van der Waals surface area contributed by atoms with E-state index in [0.29, 0.717) is 19.8 Å². The van der Waals surface area contributed by atoms with E-state index in [1.807, 2.05) is 36.4 Å². The maximum Gasteiger partial charge on any atom is 0.0955 e. The molecule has 19 heavy (non-hydrogen) atoms. The van der Waals surface area contributed by atoms with Gasteiger partial charge in [-0.15, -0.1) is 0 Å². The van der Waals surface area contributed by atoms with E-state index in [1.165, 1.54) is 0 Å². The molecule has 0 unspecified atom stereocenters. The minimum Gasteiger partial charge on any atom is -0.387 e. The summed E-state index contributed by atoms with van der Waals surface area (Å²) in [6.45, 7) is 5.49. The molecule has 0 radical (unpaired) electrons. The first kappa shape index (κ1) is 14.0. The molecule has 1 aliphatic rings. The van der Waals surface area contributed by atoms with E-state index in [-0.39, 0.29) is 6.10 Å². The molecule has 2 rings (SSSR count). The Balaban J connectivity index is 1.66. The van der Waals surface area contributed by atoms with Crippen LogP contribution in [-0.2, 0) is 16.1 Å². The molecule has 0 saturated carbocycles. The Morgan fingerprint density at radius 3 is 2.79 bits per heavy atom. The fourth-order valence-corrected chi connectivity index (χ4v) is 1.94. The molecule has 0 aromatic heterocycles. The zero-order chi connectivity index (χ0) is 13.5. The molecule has 0 fully saturated rings. The highest BCUT2D eigenvalue weighted by atomic mass is 16.5. The van der Waals surface area contributed by atoms with Gasteiger partial charge in [0.05, 0.1) is 32.0 Å². The quantitative estimate of drug-likeness (QED) is 0.799. The van der Waals surface area contributed by atoms with Gasteiger partial charge in [0.1, 0.15) is 0 Å². The third kappa shape index (κ3) is 4.99. The Kier molecular flexibility index (Phi) is 5.33. The molecule has 0 aliphatic carbocycles. The summed E-state index contributed by atoms with van der Waals surface area (Å²) in [4.78, 5) is 0. The van der Waals surface area contributed by atoms with Gasteiger partial charge in [-0.05, 0) is 11.1 Å². The number of aliphatic hydroxyl groups excluding tert-OH is 1. The number of hydrogen-bond donors (Lipinski definition) is 1. The van der Waals surface area contributed by atoms with Crippen molar-refractivity contribution in [3.63, 3.8) is 0 Å². The molecule has 1 aromatic carbocycles. The molecule has 0 saturated heterocycles. The van der Waals surface area contributed by atoms with Crippen LogP contribution >= 0.6 is 0 Å². The monoisotopic (exact) mass is 260 g/mol. The van der Waals surface area contributed by atoms with E-state index in [0.717, 1.165) is 17.6 Å². The summed E-state index contributed by atoms with van der Waals surface area (Å²) in [6.07, 6.45) is 3.93. The van der Waals surface area contributed by atoms with Crippen LogP contribution in [0.4, 0.5) is 0 Å². The maximum atomic E-state index is 9.27. The molecule has 1 N–H and O–H groups in total. The fourth-order valence-electron chi connectivity index (χ4n) is 1.94. The molecule has 0 bridgehead atoms. The molecule has 1 heterocycles. The predicted octanol–water partition coefficient (Wildman–Crippen LogP) is 2.47. The van der Waals surface area contributed by atoms with Gasteiger partial charge >= 0.3 is 0 Å². The smallest absolute Gasteiger partial charge is 0.0955 e. The number of aliphatic hydroxyl groups is 1. The number of hydrogen-bond acceptors (Lipinski definition) is 3. The molecule has 1 aliphatic heterocycles. The van der Waals surface area contributed by atoms with E-state index in [2.05, 4.69) is 6.58 Å². The number of ether oxygens (including phenoxy) is 2. The predicted molar refractivity (Wildman–Crippen MR) is 74.7 cm³/mol. The summed E-state index contributed by atoms with van der Waals surface area (Å²) in [6, 6.07) is 10.1. The van der Waals surface area contributed by atoms with Crippen LogP contribution in [-0.4, -0.2) is 30.5 Å². The van der Waals surface area contributed by atoms with Crippen LogP contribution in [0.3, 0.4) is 0 Å². The summed E-state index contributed by atoms with van der Waals surface area (Å²) >= 11 is 0. The third-order valence-corrected chi connectivity index (χ3v) is 2.94. The third-order valence-electron chi connectivity index (χ3n) is 2.94. The summed E-state index contributed by atoms with van der Waals surface area (Å²) < 4.78 is 11.1. The van der Waals surface area contributed by atoms with Crippen molar-refractivity contribution in [1.82, 2.24) is 0 Å². The van der Waals surface area contributed by atoms with Crippen molar-refractivity contribution >= 4 is 0 Å². The Bertz CT molecular complexity index is 425. The van der Waals surface area contributed by atoms with Crippen molar-refractivity contribution < 1.29 is 14.6 Å². The molecule has 1 aromatic rings. The summed E-state index contributed by atoms with van der Waals surface area (Å²) in [5.74, 6) is 0. The average molecular weight is 260 g/mol. The largest absolute Gasteiger partial charge is 0.387 e. The summed E-state index contributed by atoms with van der Waals surface area (Å²) in [7, 11) is 0. The molecular formula is C16H20O3. The Hall–Kier alpha value is -1.42. The zero-order valence-corrected chi connectivity index (χ0v) is 11.0. The molecule has 3 nitrogen and oxygen atoms in total. The maximum absolute atomic E-state index is 9.27. The summed E-state index contributed by atoms with van der Waals surface area (Å²) in [5, 5.41) is 9.27. The molecule has 0 spiro atoms. The van der Waals surface area contributed by atoms with Gasteiger partial charge in [0.15, 0.2) is 0 Å². The number of rotatable bonds is 6. The van der Waals surface area contributed by atoms with Crippen LogP contribution in [0.25, 0.3) is 0 Å². The molecule has 3 heteroatoms. The lowest BCUT2D eigenvalue weighted by Gasteiger charge is -2.21. The molecule has 102 valence electrons. The lowest BCUT2D eigenvalue weighted by atomic mass is 10.1. The highest BCUT2D eigenvalue weighted by molar-refractivity contribution is 5.13. The van der Waals surface area contributed by atoms with Crippen molar-refractivity contribution in [1.29, 1.82) is 0 Å². The van der Waals surface area contributed by atoms with Gasteiger partial charge in [0.25, 0.3) is 0 Å². The minimum absolute atomic E-state index is 0.0104. The second-order valence-corrected chi connectivity index (χ2v) is 4.76. The first-order chi connectivity index (χ1) is 9.24. The van der Waals surface area contributed by atoms with Crippen molar-refractivity contribution in [2.24, 2.45) is 0 Å². The van der Waals surface area contributed by atoms with E-state index in [4.69, 9.17) is 9.47 Å². The van der Waals surface area contributed by atoms with E-state index in [9.17, 15) is 5.11 Å². The Morgan fingerprint density at radius 1 is 1.32 bits per heavy atom. The second-order valence-electron chi connectivity index (χ2n) is 4.76. The van der Waals surface area contributed by atoms with Gasteiger partial charge < -0.3 is 14.6 Å². The lowest BCUT2D eigenvalue weighted by molar-refractivity contribution is 0.0138. The topological polar surface area (TPSA) is 38.7 Å². The van der Waals surface area contributed by atoms with Gasteiger partial charge in [-0.3, -0.25) is 0 Å². The van der Waals surface area contributed by atoms with Crippen molar-refractivity contribution in [2.75, 3.05) is 13.2 Å². The van der Waals surface area contributed by atoms with Crippen LogP contribution in [0.1, 0.15) is 12.0 Å². The van der Waals surface area contributed by atoms with Crippen LogP contribution in [0, 0.1) is 0 Å². The highest BCUT2D eigenvalue weighted by Gasteiger charge is 2.14. The minimum atomic E-state index is -0.473. The first-order valence-corrected chi connectivity index (χ1v) is 6.50. The molecule has 2 atom stereocenters. The SMILES string of the molecule is C=C(COCc1ccccc1)C[C@@H]1C=C[C@H](O)CO1. The molecule has 0 amide bonds. The van der Waals surface area contributed by atoms with E-state index in [1.54, 1.807) is 6.08 Å². The first-order valence-electron chi connectivity index (χ1n) is 6.50. The lowest BCUT2D eigenvalue weighted by Crippen LogP contribution is -2.24. The van der Waals surface area contributed by atoms with Gasteiger partial charge in [-0.1, -0.05) is 49.1 Å². The van der Waals surface area contributed by atoms with Crippen LogP contribution in [0.2, 0.25) is 0 Å². The van der Waals surface area contributed by atoms with Gasteiger partial charge in [-0.2, -0.15) is 0 Å². The van der Waals surface area contributed by atoms with Crippen molar-refractivity contribution in [2.45, 2.75) is 25.2 Å².